The summed E-state index contributed by atoms with van der Waals surface area (Å²) in [5.74, 6) is -0.116. The Morgan fingerprint density at radius 3 is 2.50 bits per heavy atom. The van der Waals surface area contributed by atoms with Crippen LogP contribution < -0.4 is 0 Å². The first-order chi connectivity index (χ1) is 11.6. The van der Waals surface area contributed by atoms with Gasteiger partial charge < -0.3 is 9.84 Å². The molecule has 0 spiro atoms. The summed E-state index contributed by atoms with van der Waals surface area (Å²) in [7, 11) is 0. The van der Waals surface area contributed by atoms with Gasteiger partial charge in [-0.15, -0.1) is 0 Å². The van der Waals surface area contributed by atoms with Crippen molar-refractivity contribution in [2.75, 3.05) is 0 Å². The lowest BCUT2D eigenvalue weighted by molar-refractivity contribution is 0.0319. The number of hydrogen-bond donors (Lipinski definition) is 1. The van der Waals surface area contributed by atoms with Crippen molar-refractivity contribution in [1.82, 2.24) is 4.98 Å². The smallest absolute Gasteiger partial charge is 0.339 e. The van der Waals surface area contributed by atoms with Crippen LogP contribution in [0.15, 0.2) is 42.6 Å². The van der Waals surface area contributed by atoms with E-state index in [1.807, 2.05) is 6.92 Å². The molecular formula is C20H25NO3. The highest BCUT2D eigenvalue weighted by atomic mass is 16.5. The van der Waals surface area contributed by atoms with Gasteiger partial charge in [-0.3, -0.25) is 4.98 Å². The fourth-order valence-corrected chi connectivity index (χ4v) is 2.49. The van der Waals surface area contributed by atoms with Gasteiger partial charge in [-0.1, -0.05) is 26.2 Å². The van der Waals surface area contributed by atoms with E-state index in [1.54, 1.807) is 36.4 Å². The summed E-state index contributed by atoms with van der Waals surface area (Å²) in [5, 5.41) is 9.31. The number of nitrogens with zero attached hydrogens (tertiary/aromatic N) is 1. The first-order valence-corrected chi connectivity index (χ1v) is 8.56. The van der Waals surface area contributed by atoms with Gasteiger partial charge in [0.15, 0.2) is 0 Å². The monoisotopic (exact) mass is 327 g/mol. The van der Waals surface area contributed by atoms with Crippen molar-refractivity contribution < 1.29 is 14.6 Å². The Bertz CT molecular complexity index is 635. The molecule has 4 heteroatoms. The van der Waals surface area contributed by atoms with Crippen LogP contribution in [0.2, 0.25) is 0 Å². The summed E-state index contributed by atoms with van der Waals surface area (Å²) in [4.78, 5) is 16.5. The molecule has 1 heterocycles. The lowest BCUT2D eigenvalue weighted by Crippen LogP contribution is -2.15. The molecule has 0 aliphatic rings. The third kappa shape index (κ3) is 5.37. The Morgan fingerprint density at radius 1 is 1.12 bits per heavy atom. The topological polar surface area (TPSA) is 59.4 Å². The fourth-order valence-electron chi connectivity index (χ4n) is 2.49. The Balaban J connectivity index is 1.90. The third-order valence-corrected chi connectivity index (χ3v) is 3.93. The first kappa shape index (κ1) is 18.0. The lowest BCUT2D eigenvalue weighted by Gasteiger charge is -2.13. The van der Waals surface area contributed by atoms with Gasteiger partial charge in [-0.05, 0) is 56.2 Å². The van der Waals surface area contributed by atoms with E-state index in [0.717, 1.165) is 24.1 Å². The van der Waals surface area contributed by atoms with Crippen LogP contribution in [0.5, 0.6) is 5.75 Å². The van der Waals surface area contributed by atoms with Gasteiger partial charge in [-0.25, -0.2) is 4.79 Å². The maximum absolute atomic E-state index is 12.1. The molecule has 0 amide bonds. The number of hydrogen-bond acceptors (Lipinski definition) is 4. The molecule has 4 nitrogen and oxygen atoms in total. The minimum atomic E-state index is -0.331. The molecule has 0 aliphatic heterocycles. The van der Waals surface area contributed by atoms with Crippen molar-refractivity contribution >= 4 is 5.97 Å². The number of esters is 1. The molecule has 128 valence electrons. The van der Waals surface area contributed by atoms with Gasteiger partial charge in [0.2, 0.25) is 0 Å². The Labute approximate surface area is 143 Å². The van der Waals surface area contributed by atoms with E-state index in [-0.39, 0.29) is 17.8 Å². The number of benzene rings is 1. The molecule has 2 aromatic rings. The van der Waals surface area contributed by atoms with Crippen molar-refractivity contribution in [3.8, 4) is 17.0 Å². The largest absolute Gasteiger partial charge is 0.508 e. The third-order valence-electron chi connectivity index (χ3n) is 3.93. The summed E-state index contributed by atoms with van der Waals surface area (Å²) in [6.07, 6.45) is 7.04. The predicted octanol–water partition coefficient (Wildman–Crippen LogP) is 4.97. The van der Waals surface area contributed by atoms with Gasteiger partial charge in [0.05, 0.1) is 17.4 Å². The number of aromatic nitrogens is 1. The molecule has 0 radical (unpaired) electrons. The molecule has 1 N–H and O–H groups in total. The van der Waals surface area contributed by atoms with Gasteiger partial charge in [0, 0.05) is 11.8 Å². The number of aromatic hydroxyl groups is 1. The highest BCUT2D eigenvalue weighted by Gasteiger charge is 2.12. The normalized spacial score (nSPS) is 11.9. The predicted molar refractivity (Wildman–Crippen MR) is 95.0 cm³/mol. The Kier molecular flexibility index (Phi) is 6.79. The van der Waals surface area contributed by atoms with Gasteiger partial charge in [0.1, 0.15) is 5.75 Å². The van der Waals surface area contributed by atoms with E-state index in [2.05, 4.69) is 11.9 Å². The summed E-state index contributed by atoms with van der Waals surface area (Å²) >= 11 is 0. The SMILES string of the molecule is CCCCCC[C@H](C)OC(=O)c1ccc(-c2ccc(O)cc2)nc1. The number of pyridine rings is 1. The highest BCUT2D eigenvalue weighted by molar-refractivity contribution is 5.89. The maximum Gasteiger partial charge on any atom is 0.339 e. The molecule has 0 fully saturated rings. The second-order valence-electron chi connectivity index (χ2n) is 6.04. The summed E-state index contributed by atoms with van der Waals surface area (Å²) < 4.78 is 5.47. The van der Waals surface area contributed by atoms with E-state index < -0.39 is 0 Å². The van der Waals surface area contributed by atoms with Crippen LogP contribution in [0.1, 0.15) is 56.3 Å². The van der Waals surface area contributed by atoms with E-state index in [1.165, 1.54) is 25.5 Å². The minimum Gasteiger partial charge on any atom is -0.508 e. The molecule has 2 rings (SSSR count). The maximum atomic E-state index is 12.1. The molecule has 0 saturated heterocycles. The first-order valence-electron chi connectivity index (χ1n) is 8.56. The van der Waals surface area contributed by atoms with Crippen LogP contribution >= 0.6 is 0 Å². The van der Waals surface area contributed by atoms with Crippen molar-refractivity contribution in [3.63, 3.8) is 0 Å². The molecule has 0 aliphatic carbocycles. The van der Waals surface area contributed by atoms with Crippen LogP contribution in [-0.4, -0.2) is 22.2 Å². The molecule has 0 bridgehead atoms. The van der Waals surface area contributed by atoms with Crippen molar-refractivity contribution in [2.24, 2.45) is 0 Å². The number of carbonyl (C=O) groups is 1. The zero-order valence-electron chi connectivity index (χ0n) is 14.4. The van der Waals surface area contributed by atoms with Crippen molar-refractivity contribution in [3.05, 3.63) is 48.2 Å². The molecule has 1 atom stereocenters. The molecule has 1 aromatic carbocycles. The quantitative estimate of drug-likeness (QED) is 0.549. The lowest BCUT2D eigenvalue weighted by atomic mass is 10.1. The number of unbranched alkanes of at least 4 members (excludes halogenated alkanes) is 3. The number of ether oxygens (including phenoxy) is 1. The zero-order valence-corrected chi connectivity index (χ0v) is 14.4. The van der Waals surface area contributed by atoms with Crippen LogP contribution in [-0.2, 0) is 4.74 Å². The zero-order chi connectivity index (χ0) is 17.4. The summed E-state index contributed by atoms with van der Waals surface area (Å²) in [6.45, 7) is 4.11. The summed E-state index contributed by atoms with van der Waals surface area (Å²) in [6, 6.07) is 10.3. The van der Waals surface area contributed by atoms with E-state index in [4.69, 9.17) is 4.74 Å². The van der Waals surface area contributed by atoms with E-state index in [9.17, 15) is 9.90 Å². The van der Waals surface area contributed by atoms with Crippen molar-refractivity contribution in [1.29, 1.82) is 0 Å². The average Bonchev–Trinajstić information content (AvgIpc) is 2.59. The van der Waals surface area contributed by atoms with Gasteiger partial charge >= 0.3 is 5.97 Å². The van der Waals surface area contributed by atoms with E-state index >= 15 is 0 Å². The number of phenols is 1. The van der Waals surface area contributed by atoms with E-state index in [0.29, 0.717) is 5.56 Å². The van der Waals surface area contributed by atoms with Crippen molar-refractivity contribution in [2.45, 2.75) is 52.1 Å². The second-order valence-corrected chi connectivity index (χ2v) is 6.04. The standard InChI is InChI=1S/C20H25NO3/c1-3-4-5-6-7-15(2)24-20(23)17-10-13-19(21-14-17)16-8-11-18(22)12-9-16/h8-15,22H,3-7H2,1-2H3/t15-/m0/s1. The molecule has 24 heavy (non-hydrogen) atoms. The Morgan fingerprint density at radius 2 is 1.88 bits per heavy atom. The number of phenolic OH excluding ortho intramolecular Hbond substituents is 1. The van der Waals surface area contributed by atoms with Crippen LogP contribution in [0.25, 0.3) is 11.3 Å². The average molecular weight is 327 g/mol. The molecular weight excluding hydrogens is 302 g/mol. The van der Waals surface area contributed by atoms with Crippen LogP contribution in [0, 0.1) is 0 Å². The van der Waals surface area contributed by atoms with Crippen LogP contribution in [0.4, 0.5) is 0 Å². The number of carbonyl (C=O) groups excluding carboxylic acids is 1. The molecule has 0 unspecified atom stereocenters. The molecule has 1 aromatic heterocycles. The fraction of sp³-hybridized carbons (Fsp3) is 0.400. The minimum absolute atomic E-state index is 0.0777. The van der Waals surface area contributed by atoms with Crippen LogP contribution in [0.3, 0.4) is 0 Å². The second kappa shape index (κ2) is 9.06. The van der Waals surface area contributed by atoms with Gasteiger partial charge in [-0.2, -0.15) is 0 Å². The Hall–Kier alpha value is -2.36. The highest BCUT2D eigenvalue weighted by Crippen LogP contribution is 2.20. The number of rotatable bonds is 8. The van der Waals surface area contributed by atoms with Gasteiger partial charge in [0.25, 0.3) is 0 Å². The summed E-state index contributed by atoms with van der Waals surface area (Å²) in [5.41, 5.74) is 2.09. The molecule has 0 saturated carbocycles.